The molecule has 2 aliphatic rings. The predicted molar refractivity (Wildman–Crippen MR) is 134 cm³/mol. The van der Waals surface area contributed by atoms with Gasteiger partial charge in [-0.1, -0.05) is 38.1 Å². The van der Waals surface area contributed by atoms with Crippen LogP contribution >= 0.6 is 11.6 Å². The van der Waals surface area contributed by atoms with Crippen LogP contribution in [0, 0.1) is 0 Å². The van der Waals surface area contributed by atoms with Gasteiger partial charge >= 0.3 is 0 Å². The highest BCUT2D eigenvalue weighted by Gasteiger charge is 2.44. The van der Waals surface area contributed by atoms with Gasteiger partial charge in [-0.05, 0) is 47.9 Å². The lowest BCUT2D eigenvalue weighted by Gasteiger charge is -2.22. The molecule has 2 fully saturated rings. The molecule has 1 aliphatic carbocycles. The number of hydrogen-bond acceptors (Lipinski definition) is 9. The minimum atomic E-state index is -1.26. The summed E-state index contributed by atoms with van der Waals surface area (Å²) in [4.78, 5) is 13.1. The van der Waals surface area contributed by atoms with Gasteiger partial charge in [-0.15, -0.1) is 0 Å². The van der Waals surface area contributed by atoms with Crippen LogP contribution in [0.25, 0.3) is 11.2 Å². The first-order chi connectivity index (χ1) is 17.4. The molecule has 3 heterocycles. The molecular weight excluding hydrogens is 486 g/mol. The second kappa shape index (κ2) is 10.6. The Morgan fingerprint density at radius 1 is 1.17 bits per heavy atom. The molecule has 1 saturated heterocycles. The van der Waals surface area contributed by atoms with E-state index in [4.69, 9.17) is 21.1 Å². The molecule has 2 aromatic heterocycles. The van der Waals surface area contributed by atoms with Crippen molar-refractivity contribution >= 4 is 28.6 Å². The quantitative estimate of drug-likeness (QED) is 0.332. The van der Waals surface area contributed by atoms with Crippen LogP contribution in [-0.2, 0) is 16.1 Å². The van der Waals surface area contributed by atoms with Crippen LogP contribution in [0.3, 0.4) is 0 Å². The van der Waals surface area contributed by atoms with E-state index in [-0.39, 0.29) is 17.4 Å². The molecule has 5 rings (SSSR count). The highest BCUT2D eigenvalue weighted by atomic mass is 35.5. The lowest BCUT2D eigenvalue weighted by Crippen LogP contribution is -2.33. The molecule has 0 radical (unpaired) electrons. The third kappa shape index (κ3) is 4.93. The smallest absolute Gasteiger partial charge is 0.226 e. The maximum atomic E-state index is 10.4. The molecule has 3 aromatic rings. The number of fused-ring (bicyclic) bond motifs is 1. The second-order valence-corrected chi connectivity index (χ2v) is 10.2. The lowest BCUT2D eigenvalue weighted by molar-refractivity contribution is -0.0511. The van der Waals surface area contributed by atoms with Gasteiger partial charge in [0.2, 0.25) is 5.28 Å². The van der Waals surface area contributed by atoms with Crippen LogP contribution < -0.4 is 5.32 Å². The number of imidazole rings is 1. The van der Waals surface area contributed by atoms with Gasteiger partial charge in [-0.2, -0.15) is 9.97 Å². The van der Waals surface area contributed by atoms with E-state index in [0.717, 1.165) is 24.8 Å². The molecule has 1 aromatic carbocycles. The Balaban J connectivity index is 1.32. The van der Waals surface area contributed by atoms with E-state index in [1.807, 2.05) is 0 Å². The van der Waals surface area contributed by atoms with Crippen molar-refractivity contribution in [3.8, 4) is 0 Å². The number of hydrogen-bond donors (Lipinski definition) is 4. The number of nitrogens with one attached hydrogen (secondary N) is 1. The predicted octanol–water partition coefficient (Wildman–Crippen LogP) is 2.76. The van der Waals surface area contributed by atoms with Crippen molar-refractivity contribution in [3.05, 3.63) is 47.0 Å². The third-order valence-electron chi connectivity index (χ3n) is 7.07. The maximum absolute atomic E-state index is 10.4. The fourth-order valence-electron chi connectivity index (χ4n) is 4.95. The van der Waals surface area contributed by atoms with E-state index >= 15 is 0 Å². The van der Waals surface area contributed by atoms with Crippen LogP contribution in [0.15, 0.2) is 30.6 Å². The zero-order valence-corrected chi connectivity index (χ0v) is 21.0. The summed E-state index contributed by atoms with van der Waals surface area (Å²) in [6, 6.07) is 8.55. The van der Waals surface area contributed by atoms with Gasteiger partial charge in [0.25, 0.3) is 0 Å². The molecule has 1 saturated carbocycles. The van der Waals surface area contributed by atoms with Gasteiger partial charge in [0.15, 0.2) is 23.2 Å². The first-order valence-corrected chi connectivity index (χ1v) is 12.7. The Bertz CT molecular complexity index is 1190. The molecule has 36 heavy (non-hydrogen) atoms. The summed E-state index contributed by atoms with van der Waals surface area (Å²) >= 11 is 6.25. The zero-order chi connectivity index (χ0) is 25.4. The van der Waals surface area contributed by atoms with Crippen molar-refractivity contribution in [2.24, 2.45) is 0 Å². The molecule has 0 bridgehead atoms. The average Bonchev–Trinajstić information content (AvgIpc) is 3.56. The Morgan fingerprint density at radius 3 is 2.64 bits per heavy atom. The number of benzene rings is 1. The van der Waals surface area contributed by atoms with E-state index in [0.29, 0.717) is 29.5 Å². The molecule has 0 spiro atoms. The fraction of sp³-hybridized carbons (Fsp3) is 0.560. The van der Waals surface area contributed by atoms with Gasteiger partial charge in [0.05, 0.1) is 31.7 Å². The summed E-state index contributed by atoms with van der Waals surface area (Å²) in [6.07, 6.45) is -0.0339. The van der Waals surface area contributed by atoms with Gasteiger partial charge in [-0.3, -0.25) is 4.57 Å². The number of nitrogens with zero attached hydrogens (tertiary/aromatic N) is 4. The first-order valence-electron chi connectivity index (χ1n) is 12.3. The molecular formula is C25H32ClN5O5. The van der Waals surface area contributed by atoms with Crippen molar-refractivity contribution in [1.82, 2.24) is 19.5 Å². The third-order valence-corrected chi connectivity index (χ3v) is 7.24. The van der Waals surface area contributed by atoms with Crippen LogP contribution in [-0.4, -0.2) is 71.9 Å². The number of aliphatic hydroxyl groups is 3. The van der Waals surface area contributed by atoms with Crippen LogP contribution in [0.4, 0.5) is 5.82 Å². The van der Waals surface area contributed by atoms with Crippen molar-refractivity contribution in [2.75, 3.05) is 11.9 Å². The molecule has 1 unspecified atom stereocenters. The van der Waals surface area contributed by atoms with Gasteiger partial charge in [0.1, 0.15) is 18.3 Å². The molecule has 1 aliphatic heterocycles. The number of ether oxygens (including phenoxy) is 2. The summed E-state index contributed by atoms with van der Waals surface area (Å²) in [7, 11) is 0. The van der Waals surface area contributed by atoms with Gasteiger partial charge < -0.3 is 30.1 Å². The Labute approximate surface area is 214 Å². The number of aromatic nitrogens is 4. The minimum absolute atomic E-state index is 0.00102. The van der Waals surface area contributed by atoms with Gasteiger partial charge in [0, 0.05) is 0 Å². The van der Waals surface area contributed by atoms with Crippen LogP contribution in [0.5, 0.6) is 0 Å². The van der Waals surface area contributed by atoms with E-state index in [2.05, 4.69) is 58.4 Å². The zero-order valence-electron chi connectivity index (χ0n) is 20.3. The maximum Gasteiger partial charge on any atom is 0.226 e. The topological polar surface area (TPSA) is 135 Å². The largest absolute Gasteiger partial charge is 0.394 e. The standard InChI is InChI=1S/C25H32ClN5O5/c1-13(2)15-8-6-14(7-9-15)11-35-17-5-3-4-16(17)28-22-19-23(30-25(26)29-22)31(12-27-19)24-21(34)20(33)18(10-32)36-24/h6-9,12-13,16-18,20-21,24,32-34H,3-5,10-11H2,1-2H3,(H,28,29,30)/t16?,17-,18+,20+,21+,24+/m0/s1. The molecule has 0 amide bonds. The number of aliphatic hydroxyl groups excluding tert-OH is 3. The van der Waals surface area contributed by atoms with E-state index in [9.17, 15) is 15.3 Å². The Hall–Kier alpha value is -2.34. The van der Waals surface area contributed by atoms with E-state index in [1.54, 1.807) is 0 Å². The van der Waals surface area contributed by atoms with Crippen molar-refractivity contribution < 1.29 is 24.8 Å². The summed E-state index contributed by atoms with van der Waals surface area (Å²) in [6.45, 7) is 4.46. The highest BCUT2D eigenvalue weighted by Crippen LogP contribution is 2.34. The summed E-state index contributed by atoms with van der Waals surface area (Å²) in [5.74, 6) is 0.963. The Kier molecular flexibility index (Phi) is 7.43. The normalized spacial score (nSPS) is 28.4. The fourth-order valence-corrected chi connectivity index (χ4v) is 5.12. The minimum Gasteiger partial charge on any atom is -0.394 e. The van der Waals surface area contributed by atoms with E-state index in [1.165, 1.54) is 16.5 Å². The number of anilines is 1. The molecule has 10 nitrogen and oxygen atoms in total. The second-order valence-electron chi connectivity index (χ2n) is 9.82. The molecule has 194 valence electrons. The van der Waals surface area contributed by atoms with Crippen molar-refractivity contribution in [3.63, 3.8) is 0 Å². The van der Waals surface area contributed by atoms with E-state index < -0.39 is 31.1 Å². The molecule has 6 atom stereocenters. The summed E-state index contributed by atoms with van der Waals surface area (Å²) in [5, 5.41) is 33.5. The van der Waals surface area contributed by atoms with Crippen LogP contribution in [0.1, 0.15) is 56.4 Å². The molecule has 11 heteroatoms. The highest BCUT2D eigenvalue weighted by molar-refractivity contribution is 6.28. The van der Waals surface area contributed by atoms with Gasteiger partial charge in [-0.25, -0.2) is 4.98 Å². The average molecular weight is 518 g/mol. The summed E-state index contributed by atoms with van der Waals surface area (Å²) in [5.41, 5.74) is 3.26. The summed E-state index contributed by atoms with van der Waals surface area (Å²) < 4.78 is 13.4. The molecule has 4 N–H and O–H groups in total. The first kappa shape index (κ1) is 25.3. The Morgan fingerprint density at radius 2 is 1.94 bits per heavy atom. The SMILES string of the molecule is CC(C)c1ccc(CO[C@H]2CCCC2Nc2nc(Cl)nc3c2ncn3[C@@H]2O[C@H](CO)[C@@H](O)[C@H]2O)cc1. The monoisotopic (exact) mass is 517 g/mol. The lowest BCUT2D eigenvalue weighted by atomic mass is 10.0. The number of rotatable bonds is 8. The number of halogens is 1. The van der Waals surface area contributed by atoms with Crippen molar-refractivity contribution in [2.45, 2.75) is 82.3 Å². The van der Waals surface area contributed by atoms with Crippen molar-refractivity contribution in [1.29, 1.82) is 0 Å². The van der Waals surface area contributed by atoms with Crippen LogP contribution in [0.2, 0.25) is 5.28 Å².